The van der Waals surface area contributed by atoms with Crippen molar-refractivity contribution in [2.75, 3.05) is 12.3 Å². The summed E-state index contributed by atoms with van der Waals surface area (Å²) in [5.74, 6) is 0.840. The standard InChI is InChI=1S/C12H17ClN2OS/c1-9(2)15-12(16)14-7-8-17-11-5-3-10(13)4-6-11/h3-6,9H,7-8H2,1-2H3,(H2,14,15,16). The van der Waals surface area contributed by atoms with Crippen LogP contribution in [0.5, 0.6) is 0 Å². The molecule has 0 fully saturated rings. The SMILES string of the molecule is CC(C)NC(=O)NCCSc1ccc(Cl)cc1. The highest BCUT2D eigenvalue weighted by Crippen LogP contribution is 2.19. The van der Waals surface area contributed by atoms with Crippen molar-refractivity contribution in [3.8, 4) is 0 Å². The molecule has 0 aromatic heterocycles. The van der Waals surface area contributed by atoms with E-state index in [1.54, 1.807) is 11.8 Å². The molecule has 2 amide bonds. The van der Waals surface area contributed by atoms with Crippen molar-refractivity contribution in [1.29, 1.82) is 0 Å². The third kappa shape index (κ3) is 6.44. The van der Waals surface area contributed by atoms with Crippen LogP contribution in [0.1, 0.15) is 13.8 Å². The molecule has 94 valence electrons. The van der Waals surface area contributed by atoms with E-state index < -0.39 is 0 Å². The van der Waals surface area contributed by atoms with Crippen molar-refractivity contribution in [2.24, 2.45) is 0 Å². The lowest BCUT2D eigenvalue weighted by atomic mass is 10.4. The minimum Gasteiger partial charge on any atom is -0.337 e. The van der Waals surface area contributed by atoms with Gasteiger partial charge in [-0.05, 0) is 38.1 Å². The maximum Gasteiger partial charge on any atom is 0.315 e. The van der Waals surface area contributed by atoms with Crippen LogP contribution in [-0.2, 0) is 0 Å². The summed E-state index contributed by atoms with van der Waals surface area (Å²) in [5.41, 5.74) is 0. The molecule has 0 spiro atoms. The maximum atomic E-state index is 11.3. The number of halogens is 1. The molecule has 1 aromatic rings. The van der Waals surface area contributed by atoms with Crippen LogP contribution in [0.4, 0.5) is 4.79 Å². The molecule has 0 aliphatic carbocycles. The summed E-state index contributed by atoms with van der Waals surface area (Å²) in [6, 6.07) is 7.73. The van der Waals surface area contributed by atoms with Crippen molar-refractivity contribution >= 4 is 29.4 Å². The Bertz CT molecular complexity index is 354. The van der Waals surface area contributed by atoms with E-state index in [1.165, 1.54) is 0 Å². The highest BCUT2D eigenvalue weighted by molar-refractivity contribution is 7.99. The van der Waals surface area contributed by atoms with Crippen LogP contribution < -0.4 is 10.6 Å². The number of amides is 2. The predicted octanol–water partition coefficient (Wildman–Crippen LogP) is 3.14. The molecule has 0 aliphatic heterocycles. The summed E-state index contributed by atoms with van der Waals surface area (Å²) in [5, 5.41) is 6.31. The number of hydrogen-bond acceptors (Lipinski definition) is 2. The van der Waals surface area contributed by atoms with Gasteiger partial charge in [-0.3, -0.25) is 0 Å². The highest BCUT2D eigenvalue weighted by Gasteiger charge is 2.01. The Morgan fingerprint density at radius 2 is 2.00 bits per heavy atom. The van der Waals surface area contributed by atoms with E-state index in [0.717, 1.165) is 15.7 Å². The molecule has 0 aliphatic rings. The van der Waals surface area contributed by atoms with Gasteiger partial charge in [0.1, 0.15) is 0 Å². The monoisotopic (exact) mass is 272 g/mol. The zero-order chi connectivity index (χ0) is 12.7. The number of rotatable bonds is 5. The van der Waals surface area contributed by atoms with E-state index in [1.807, 2.05) is 38.1 Å². The molecule has 0 atom stereocenters. The Labute approximate surface area is 111 Å². The first kappa shape index (κ1) is 14.2. The summed E-state index contributed by atoms with van der Waals surface area (Å²) in [4.78, 5) is 12.4. The van der Waals surface area contributed by atoms with Crippen LogP contribution in [0.2, 0.25) is 5.02 Å². The number of hydrogen-bond donors (Lipinski definition) is 2. The third-order valence-electron chi connectivity index (χ3n) is 1.89. The zero-order valence-corrected chi connectivity index (χ0v) is 11.6. The quantitative estimate of drug-likeness (QED) is 0.639. The summed E-state index contributed by atoms with van der Waals surface area (Å²) in [6.45, 7) is 4.51. The van der Waals surface area contributed by atoms with Crippen molar-refractivity contribution in [3.05, 3.63) is 29.3 Å². The largest absolute Gasteiger partial charge is 0.337 e. The normalized spacial score (nSPS) is 10.4. The highest BCUT2D eigenvalue weighted by atomic mass is 35.5. The van der Waals surface area contributed by atoms with E-state index >= 15 is 0 Å². The lowest BCUT2D eigenvalue weighted by molar-refractivity contribution is 0.239. The second-order valence-electron chi connectivity index (χ2n) is 3.86. The first-order valence-corrected chi connectivity index (χ1v) is 6.87. The molecule has 3 nitrogen and oxygen atoms in total. The van der Waals surface area contributed by atoms with Crippen LogP contribution in [0.3, 0.4) is 0 Å². The van der Waals surface area contributed by atoms with Gasteiger partial charge in [0.25, 0.3) is 0 Å². The number of carbonyl (C=O) groups excluding carboxylic acids is 1. The minimum atomic E-state index is -0.114. The van der Waals surface area contributed by atoms with E-state index in [2.05, 4.69) is 10.6 Å². The number of benzene rings is 1. The first-order valence-electron chi connectivity index (χ1n) is 5.50. The molecule has 0 heterocycles. The molecule has 17 heavy (non-hydrogen) atoms. The van der Waals surface area contributed by atoms with Gasteiger partial charge in [0.2, 0.25) is 0 Å². The smallest absolute Gasteiger partial charge is 0.315 e. The van der Waals surface area contributed by atoms with Gasteiger partial charge in [-0.15, -0.1) is 11.8 Å². The molecule has 0 unspecified atom stereocenters. The molecule has 0 saturated heterocycles. The Morgan fingerprint density at radius 3 is 2.59 bits per heavy atom. The van der Waals surface area contributed by atoms with Crippen molar-refractivity contribution in [1.82, 2.24) is 10.6 Å². The van der Waals surface area contributed by atoms with E-state index in [4.69, 9.17) is 11.6 Å². The molecule has 1 aromatic carbocycles. The fraction of sp³-hybridized carbons (Fsp3) is 0.417. The average molecular weight is 273 g/mol. The second kappa shape index (κ2) is 7.45. The fourth-order valence-electron chi connectivity index (χ4n) is 1.18. The van der Waals surface area contributed by atoms with E-state index in [9.17, 15) is 4.79 Å². The first-order chi connectivity index (χ1) is 8.08. The Morgan fingerprint density at radius 1 is 1.35 bits per heavy atom. The molecule has 5 heteroatoms. The topological polar surface area (TPSA) is 41.1 Å². The Kier molecular flexibility index (Phi) is 6.22. The van der Waals surface area contributed by atoms with E-state index in [-0.39, 0.29) is 12.1 Å². The third-order valence-corrected chi connectivity index (χ3v) is 3.16. The summed E-state index contributed by atoms with van der Waals surface area (Å²) >= 11 is 7.48. The number of nitrogens with one attached hydrogen (secondary N) is 2. The van der Waals surface area contributed by atoms with Gasteiger partial charge in [-0.1, -0.05) is 11.6 Å². The van der Waals surface area contributed by atoms with Gasteiger partial charge in [-0.25, -0.2) is 4.79 Å². The van der Waals surface area contributed by atoms with Gasteiger partial charge in [0.05, 0.1) is 0 Å². The summed E-state index contributed by atoms with van der Waals surface area (Å²) in [6.07, 6.45) is 0. The van der Waals surface area contributed by atoms with Gasteiger partial charge < -0.3 is 10.6 Å². The van der Waals surface area contributed by atoms with Crippen molar-refractivity contribution < 1.29 is 4.79 Å². The van der Waals surface area contributed by atoms with Gasteiger partial charge in [0, 0.05) is 28.3 Å². The van der Waals surface area contributed by atoms with Crippen molar-refractivity contribution in [2.45, 2.75) is 24.8 Å². The van der Waals surface area contributed by atoms with Crippen molar-refractivity contribution in [3.63, 3.8) is 0 Å². The Balaban J connectivity index is 2.16. The van der Waals surface area contributed by atoms with Crippen LogP contribution in [0.25, 0.3) is 0 Å². The molecule has 1 rings (SSSR count). The molecular formula is C12H17ClN2OS. The second-order valence-corrected chi connectivity index (χ2v) is 5.46. The average Bonchev–Trinajstić information content (AvgIpc) is 2.26. The lowest BCUT2D eigenvalue weighted by Crippen LogP contribution is -2.40. The van der Waals surface area contributed by atoms with Gasteiger partial charge in [-0.2, -0.15) is 0 Å². The van der Waals surface area contributed by atoms with E-state index in [0.29, 0.717) is 6.54 Å². The summed E-state index contributed by atoms with van der Waals surface area (Å²) < 4.78 is 0. The summed E-state index contributed by atoms with van der Waals surface area (Å²) in [7, 11) is 0. The van der Waals surface area contributed by atoms with Gasteiger partial charge >= 0.3 is 6.03 Å². The Hall–Kier alpha value is -0.870. The zero-order valence-electron chi connectivity index (χ0n) is 10.00. The predicted molar refractivity (Wildman–Crippen MR) is 73.8 cm³/mol. The molecule has 0 saturated carbocycles. The lowest BCUT2D eigenvalue weighted by Gasteiger charge is -2.09. The molecule has 2 N–H and O–H groups in total. The number of urea groups is 1. The molecule has 0 bridgehead atoms. The van der Waals surface area contributed by atoms with Crippen LogP contribution in [0.15, 0.2) is 29.2 Å². The van der Waals surface area contributed by atoms with Crippen LogP contribution in [0, 0.1) is 0 Å². The minimum absolute atomic E-state index is 0.114. The molecule has 0 radical (unpaired) electrons. The van der Waals surface area contributed by atoms with Crippen LogP contribution in [-0.4, -0.2) is 24.4 Å². The van der Waals surface area contributed by atoms with Gasteiger partial charge in [0.15, 0.2) is 0 Å². The maximum absolute atomic E-state index is 11.3. The fourth-order valence-corrected chi connectivity index (χ4v) is 2.07. The number of carbonyl (C=O) groups is 1. The number of thioether (sulfide) groups is 1. The molecular weight excluding hydrogens is 256 g/mol. The van der Waals surface area contributed by atoms with Crippen LogP contribution >= 0.6 is 23.4 Å².